The number of nitrogens with zero attached hydrogens (tertiary/aromatic N) is 1. The largest absolute Gasteiger partial charge is 0.480 e. The maximum absolute atomic E-state index is 12.4. The first-order valence-electron chi connectivity index (χ1n) is 7.22. The third kappa shape index (κ3) is 5.07. The molecule has 0 saturated carbocycles. The van der Waals surface area contributed by atoms with Crippen LogP contribution in [0.4, 0.5) is 4.79 Å². The number of ether oxygens (including phenoxy) is 1. The highest BCUT2D eigenvalue weighted by molar-refractivity contribution is 8.00. The molecule has 2 N–H and O–H groups in total. The minimum absolute atomic E-state index is 0.0619. The van der Waals surface area contributed by atoms with Crippen molar-refractivity contribution in [3.8, 4) is 0 Å². The van der Waals surface area contributed by atoms with Crippen molar-refractivity contribution in [3.63, 3.8) is 0 Å². The maximum Gasteiger partial charge on any atom is 0.327 e. The number of methoxy groups -OCH3 is 1. The second-order valence-corrected chi connectivity index (χ2v) is 7.23. The van der Waals surface area contributed by atoms with Crippen molar-refractivity contribution in [1.29, 1.82) is 0 Å². The van der Waals surface area contributed by atoms with Gasteiger partial charge in [-0.2, -0.15) is 0 Å². The van der Waals surface area contributed by atoms with E-state index >= 15 is 0 Å². The number of hydrogen-bond donors (Lipinski definition) is 2. The molecule has 21 heavy (non-hydrogen) atoms. The van der Waals surface area contributed by atoms with Gasteiger partial charge in [0.2, 0.25) is 0 Å². The lowest BCUT2D eigenvalue weighted by Gasteiger charge is -2.30. The molecule has 1 aliphatic heterocycles. The summed E-state index contributed by atoms with van der Waals surface area (Å²) >= 11 is 1.53. The Kier molecular flexibility index (Phi) is 6.80. The van der Waals surface area contributed by atoms with Gasteiger partial charge in [-0.3, -0.25) is 4.90 Å². The fourth-order valence-electron chi connectivity index (χ4n) is 2.21. The third-order valence-corrected chi connectivity index (χ3v) is 5.12. The molecule has 0 spiro atoms. The lowest BCUT2D eigenvalue weighted by atomic mass is 9.90. The number of rotatable bonds is 7. The molecule has 0 aromatic heterocycles. The van der Waals surface area contributed by atoms with Crippen LogP contribution in [0.25, 0.3) is 0 Å². The number of carboxylic acid groups (broad SMARTS) is 1. The monoisotopic (exact) mass is 318 g/mol. The third-order valence-electron chi connectivity index (χ3n) is 3.66. The molecule has 0 bridgehead atoms. The van der Waals surface area contributed by atoms with Gasteiger partial charge < -0.3 is 15.2 Å². The zero-order chi connectivity index (χ0) is 16.0. The number of hydrogen-bond acceptors (Lipinski definition) is 4. The van der Waals surface area contributed by atoms with Crippen molar-refractivity contribution >= 4 is 23.8 Å². The number of carbonyl (C=O) groups excluding carboxylic acids is 1. The van der Waals surface area contributed by atoms with Crippen molar-refractivity contribution in [1.82, 2.24) is 10.2 Å². The summed E-state index contributed by atoms with van der Waals surface area (Å²) in [5, 5.41) is 12.1. The van der Waals surface area contributed by atoms with Crippen LogP contribution in [0.3, 0.4) is 0 Å². The predicted molar refractivity (Wildman–Crippen MR) is 83.5 cm³/mol. The molecule has 2 amide bonds. The summed E-state index contributed by atoms with van der Waals surface area (Å²) in [5.74, 6) is -0.485. The number of nitrogens with one attached hydrogen (secondary N) is 1. The summed E-state index contributed by atoms with van der Waals surface area (Å²) in [4.78, 5) is 25.1. The maximum atomic E-state index is 12.4. The molecule has 1 heterocycles. The van der Waals surface area contributed by atoms with Crippen LogP contribution in [0.5, 0.6) is 0 Å². The van der Waals surface area contributed by atoms with Crippen LogP contribution in [0.1, 0.15) is 33.6 Å². The van der Waals surface area contributed by atoms with E-state index in [9.17, 15) is 14.7 Å². The van der Waals surface area contributed by atoms with Gasteiger partial charge in [0.1, 0.15) is 6.04 Å². The first kappa shape index (κ1) is 18.1. The van der Waals surface area contributed by atoms with Crippen molar-refractivity contribution in [2.45, 2.75) is 45.0 Å². The van der Waals surface area contributed by atoms with Gasteiger partial charge in [-0.25, -0.2) is 9.59 Å². The number of amides is 2. The molecule has 1 fully saturated rings. The second kappa shape index (κ2) is 7.89. The standard InChI is InChI=1S/C14H26N2O4S/c1-5-11-16(10(8-21-11)12(17)18)13(19)15-9-14(2,3)6-7-20-4/h10-11H,5-9H2,1-4H3,(H,15,19)(H,17,18). The van der Waals surface area contributed by atoms with Crippen LogP contribution in [0, 0.1) is 5.41 Å². The number of carboxylic acids is 1. The van der Waals surface area contributed by atoms with Gasteiger partial charge >= 0.3 is 12.0 Å². The molecule has 122 valence electrons. The van der Waals surface area contributed by atoms with E-state index in [1.165, 1.54) is 16.7 Å². The van der Waals surface area contributed by atoms with E-state index in [2.05, 4.69) is 19.2 Å². The van der Waals surface area contributed by atoms with E-state index in [4.69, 9.17) is 4.74 Å². The smallest absolute Gasteiger partial charge is 0.327 e. The van der Waals surface area contributed by atoms with Crippen molar-refractivity contribution in [3.05, 3.63) is 0 Å². The molecule has 2 atom stereocenters. The molecule has 0 aliphatic carbocycles. The van der Waals surface area contributed by atoms with Crippen LogP contribution in [-0.2, 0) is 9.53 Å². The molecule has 0 aromatic rings. The molecule has 1 saturated heterocycles. The van der Waals surface area contributed by atoms with E-state index in [1.807, 2.05) is 6.92 Å². The molecular formula is C14H26N2O4S. The minimum Gasteiger partial charge on any atom is -0.480 e. The van der Waals surface area contributed by atoms with E-state index in [-0.39, 0.29) is 16.8 Å². The highest BCUT2D eigenvalue weighted by Crippen LogP contribution is 2.31. The van der Waals surface area contributed by atoms with Crippen molar-refractivity contribution in [2.75, 3.05) is 26.0 Å². The first-order chi connectivity index (χ1) is 9.82. The Hall–Kier alpha value is -0.950. The van der Waals surface area contributed by atoms with Crippen LogP contribution >= 0.6 is 11.8 Å². The Labute approximate surface area is 130 Å². The lowest BCUT2D eigenvalue weighted by molar-refractivity contribution is -0.141. The summed E-state index contributed by atoms with van der Waals surface area (Å²) in [6.07, 6.45) is 1.58. The van der Waals surface area contributed by atoms with Gasteiger partial charge in [0.25, 0.3) is 0 Å². The molecule has 1 rings (SSSR count). The van der Waals surface area contributed by atoms with Gasteiger partial charge in [-0.15, -0.1) is 11.8 Å². The van der Waals surface area contributed by atoms with Crippen LogP contribution in [-0.4, -0.2) is 59.4 Å². The van der Waals surface area contributed by atoms with Gasteiger partial charge in [-0.1, -0.05) is 20.8 Å². The lowest BCUT2D eigenvalue weighted by Crippen LogP contribution is -2.51. The molecule has 2 unspecified atom stereocenters. The summed E-state index contributed by atoms with van der Waals surface area (Å²) in [5.41, 5.74) is -0.0844. The quantitative estimate of drug-likeness (QED) is 0.750. The average molecular weight is 318 g/mol. The number of urea groups is 1. The minimum atomic E-state index is -0.938. The summed E-state index contributed by atoms with van der Waals surface area (Å²) in [7, 11) is 1.65. The van der Waals surface area contributed by atoms with Crippen LogP contribution in [0.15, 0.2) is 0 Å². The van der Waals surface area contributed by atoms with Crippen LogP contribution in [0.2, 0.25) is 0 Å². The fraction of sp³-hybridized carbons (Fsp3) is 0.857. The van der Waals surface area contributed by atoms with E-state index < -0.39 is 12.0 Å². The Morgan fingerprint density at radius 1 is 1.48 bits per heavy atom. The van der Waals surface area contributed by atoms with Gasteiger partial charge in [0.15, 0.2) is 0 Å². The van der Waals surface area contributed by atoms with E-state index in [1.54, 1.807) is 7.11 Å². The molecule has 0 aromatic carbocycles. The summed E-state index contributed by atoms with van der Waals surface area (Å²) in [6.45, 7) is 7.20. The van der Waals surface area contributed by atoms with Crippen molar-refractivity contribution in [2.24, 2.45) is 5.41 Å². The number of aliphatic carboxylic acids is 1. The second-order valence-electron chi connectivity index (χ2n) is 6.02. The summed E-state index contributed by atoms with van der Waals surface area (Å²) in [6, 6.07) is -1.02. The van der Waals surface area contributed by atoms with Gasteiger partial charge in [0.05, 0.1) is 5.37 Å². The Morgan fingerprint density at radius 3 is 2.67 bits per heavy atom. The van der Waals surface area contributed by atoms with Crippen LogP contribution < -0.4 is 5.32 Å². The zero-order valence-electron chi connectivity index (χ0n) is 13.2. The molecule has 0 radical (unpaired) electrons. The number of carbonyl (C=O) groups is 2. The average Bonchev–Trinajstić information content (AvgIpc) is 2.87. The summed E-state index contributed by atoms with van der Waals surface area (Å²) < 4.78 is 5.06. The van der Waals surface area contributed by atoms with Gasteiger partial charge in [0, 0.05) is 26.0 Å². The highest BCUT2D eigenvalue weighted by atomic mass is 32.2. The Morgan fingerprint density at radius 2 is 2.14 bits per heavy atom. The predicted octanol–water partition coefficient (Wildman–Crippen LogP) is 2.00. The van der Waals surface area contributed by atoms with Gasteiger partial charge in [-0.05, 0) is 18.3 Å². The fourth-order valence-corrected chi connectivity index (χ4v) is 3.56. The number of thioether (sulfide) groups is 1. The molecular weight excluding hydrogens is 292 g/mol. The molecule has 7 heteroatoms. The normalized spacial score (nSPS) is 22.4. The molecule has 1 aliphatic rings. The van der Waals surface area contributed by atoms with Crippen molar-refractivity contribution < 1.29 is 19.4 Å². The highest BCUT2D eigenvalue weighted by Gasteiger charge is 2.41. The first-order valence-corrected chi connectivity index (χ1v) is 8.26. The van der Waals surface area contributed by atoms with E-state index in [0.29, 0.717) is 18.9 Å². The zero-order valence-corrected chi connectivity index (χ0v) is 14.0. The topological polar surface area (TPSA) is 78.9 Å². The molecule has 6 nitrogen and oxygen atoms in total. The SMILES string of the molecule is CCC1SCC(C(=O)O)N1C(=O)NCC(C)(C)CCOC. The Balaban J connectivity index is 2.61. The Bertz CT molecular complexity index is 376. The van der Waals surface area contributed by atoms with E-state index in [0.717, 1.165) is 12.8 Å².